The Hall–Kier alpha value is -3.37. The number of hydrogen-bond donors (Lipinski definition) is 1. The number of H-pyrrole nitrogens is 1. The largest absolute Gasteiger partial charge is 0.465 e. The number of nitrogens with one attached hydrogen (secondary N) is 1. The Bertz CT molecular complexity index is 1330. The minimum Gasteiger partial charge on any atom is -0.465 e. The molecule has 10 heteroatoms. The van der Waals surface area contributed by atoms with Crippen LogP contribution in [0.2, 0.25) is 0 Å². The molecule has 0 bridgehead atoms. The van der Waals surface area contributed by atoms with Gasteiger partial charge in [0.1, 0.15) is 6.54 Å². The molecule has 0 aliphatic carbocycles. The Morgan fingerprint density at radius 2 is 2.09 bits per heavy atom. The van der Waals surface area contributed by atoms with Crippen LogP contribution in [0.4, 0.5) is 0 Å². The van der Waals surface area contributed by atoms with Crippen LogP contribution in [-0.2, 0) is 29.2 Å². The highest BCUT2D eigenvalue weighted by Gasteiger charge is 2.28. The first kappa shape index (κ1) is 24.7. The number of pyridine rings is 1. The Kier molecular flexibility index (Phi) is 8.04. The van der Waals surface area contributed by atoms with Crippen molar-refractivity contribution in [3.8, 4) is 0 Å². The molecule has 35 heavy (non-hydrogen) atoms. The number of benzene rings is 1. The molecule has 0 unspecified atom stereocenters. The van der Waals surface area contributed by atoms with Crippen LogP contribution in [0.5, 0.6) is 0 Å². The van der Waals surface area contributed by atoms with Crippen molar-refractivity contribution in [1.29, 1.82) is 0 Å². The van der Waals surface area contributed by atoms with Crippen molar-refractivity contribution in [2.75, 3.05) is 6.61 Å². The van der Waals surface area contributed by atoms with E-state index in [0.717, 1.165) is 29.3 Å². The fourth-order valence-corrected chi connectivity index (χ4v) is 4.94. The second-order valence-corrected chi connectivity index (χ2v) is 9.54. The molecule has 0 aliphatic rings. The summed E-state index contributed by atoms with van der Waals surface area (Å²) in [4.78, 5) is 31.6. The molecule has 9 nitrogen and oxygen atoms in total. The third kappa shape index (κ3) is 6.01. The SMILES string of the molecule is CCC[C@@H](c1nnnn1CC(=O)OCC)N(Cc1cccs1)Cc1cc2ccc(C)cc2[nH]c1=O. The molecule has 1 atom stereocenters. The molecule has 4 rings (SSSR count). The van der Waals surface area contributed by atoms with E-state index in [0.29, 0.717) is 31.1 Å². The van der Waals surface area contributed by atoms with Crippen LogP contribution >= 0.6 is 11.3 Å². The zero-order valence-corrected chi connectivity index (χ0v) is 21.0. The van der Waals surface area contributed by atoms with Gasteiger partial charge in [0.15, 0.2) is 5.82 Å². The van der Waals surface area contributed by atoms with Crippen LogP contribution in [-0.4, -0.2) is 42.7 Å². The van der Waals surface area contributed by atoms with Crippen LogP contribution in [0.25, 0.3) is 10.9 Å². The van der Waals surface area contributed by atoms with Crippen LogP contribution in [0, 0.1) is 6.92 Å². The number of aromatic amines is 1. The highest BCUT2D eigenvalue weighted by atomic mass is 32.1. The summed E-state index contributed by atoms with van der Waals surface area (Å²) in [7, 11) is 0. The van der Waals surface area contributed by atoms with Gasteiger partial charge in [0.25, 0.3) is 5.56 Å². The molecule has 0 saturated heterocycles. The van der Waals surface area contributed by atoms with Gasteiger partial charge < -0.3 is 9.72 Å². The van der Waals surface area contributed by atoms with Crippen molar-refractivity contribution in [3.05, 3.63) is 74.0 Å². The van der Waals surface area contributed by atoms with Crippen molar-refractivity contribution in [2.45, 2.75) is 59.3 Å². The zero-order chi connectivity index (χ0) is 24.8. The van der Waals surface area contributed by atoms with Crippen molar-refractivity contribution in [3.63, 3.8) is 0 Å². The first-order valence-electron chi connectivity index (χ1n) is 11.8. The zero-order valence-electron chi connectivity index (χ0n) is 20.2. The van der Waals surface area contributed by atoms with Crippen molar-refractivity contribution < 1.29 is 9.53 Å². The summed E-state index contributed by atoms with van der Waals surface area (Å²) in [5, 5.41) is 15.2. The van der Waals surface area contributed by atoms with Crippen LogP contribution in [0.15, 0.2) is 46.6 Å². The lowest BCUT2D eigenvalue weighted by Gasteiger charge is -2.30. The number of thiophene rings is 1. The molecule has 0 amide bonds. The van der Waals surface area contributed by atoms with Gasteiger partial charge in [-0.15, -0.1) is 16.4 Å². The highest BCUT2D eigenvalue weighted by molar-refractivity contribution is 7.09. The third-order valence-electron chi connectivity index (χ3n) is 5.84. The summed E-state index contributed by atoms with van der Waals surface area (Å²) < 4.78 is 6.61. The number of esters is 1. The minimum atomic E-state index is -0.387. The number of tetrazole rings is 1. The van der Waals surface area contributed by atoms with E-state index in [1.807, 2.05) is 42.6 Å². The summed E-state index contributed by atoms with van der Waals surface area (Å²) >= 11 is 1.66. The average molecular weight is 495 g/mol. The van der Waals surface area contributed by atoms with E-state index in [1.165, 1.54) is 9.56 Å². The standard InChI is InChI=1S/C25H30N6O3S/c1-4-7-22(24-27-28-29-31(24)16-23(32)34-5-2)30(15-20-8-6-11-35-20)14-19-13-18-10-9-17(3)12-21(18)26-25(19)33/h6,8-13,22H,4-5,7,14-16H2,1-3H3,(H,26,33)/t22-/m0/s1. The van der Waals surface area contributed by atoms with E-state index < -0.39 is 0 Å². The third-order valence-corrected chi connectivity index (χ3v) is 6.70. The number of ether oxygens (including phenoxy) is 1. The normalized spacial score (nSPS) is 12.3. The maximum absolute atomic E-state index is 13.0. The molecule has 1 aromatic carbocycles. The lowest BCUT2D eigenvalue weighted by Crippen LogP contribution is -2.33. The van der Waals surface area contributed by atoms with E-state index in [9.17, 15) is 9.59 Å². The van der Waals surface area contributed by atoms with Gasteiger partial charge in [0.05, 0.1) is 12.6 Å². The van der Waals surface area contributed by atoms with Gasteiger partial charge in [-0.25, -0.2) is 4.68 Å². The van der Waals surface area contributed by atoms with Gasteiger partial charge in [-0.1, -0.05) is 31.5 Å². The Morgan fingerprint density at radius 3 is 2.83 bits per heavy atom. The number of fused-ring (bicyclic) bond motifs is 1. The summed E-state index contributed by atoms with van der Waals surface area (Å²) in [6, 6.07) is 11.9. The second kappa shape index (κ2) is 11.4. The molecule has 4 aromatic rings. The molecule has 1 N–H and O–H groups in total. The van der Waals surface area contributed by atoms with E-state index in [-0.39, 0.29) is 24.1 Å². The van der Waals surface area contributed by atoms with Crippen LogP contribution in [0.3, 0.4) is 0 Å². The quantitative estimate of drug-likeness (QED) is 0.314. The number of aromatic nitrogens is 5. The molecular formula is C25H30N6O3S. The van der Waals surface area contributed by atoms with E-state index in [1.54, 1.807) is 18.3 Å². The average Bonchev–Trinajstić information content (AvgIpc) is 3.50. The number of rotatable bonds is 11. The van der Waals surface area contributed by atoms with Gasteiger partial charge in [0, 0.05) is 29.0 Å². The molecule has 0 fully saturated rings. The molecule has 0 spiro atoms. The van der Waals surface area contributed by atoms with E-state index in [4.69, 9.17) is 4.74 Å². The lowest BCUT2D eigenvalue weighted by atomic mass is 10.1. The molecule has 3 heterocycles. The summed E-state index contributed by atoms with van der Waals surface area (Å²) in [5.74, 6) is 0.201. The number of nitrogens with zero attached hydrogens (tertiary/aromatic N) is 5. The summed E-state index contributed by atoms with van der Waals surface area (Å²) in [6.07, 6.45) is 1.64. The predicted octanol–water partition coefficient (Wildman–Crippen LogP) is 3.99. The molecule has 0 saturated carbocycles. The molecular weight excluding hydrogens is 464 g/mol. The molecule has 0 radical (unpaired) electrons. The summed E-state index contributed by atoms with van der Waals surface area (Å²) in [5.41, 5.74) is 2.48. The molecule has 184 valence electrons. The Labute approximate surface area is 207 Å². The van der Waals surface area contributed by atoms with Gasteiger partial charge in [-0.3, -0.25) is 14.5 Å². The molecule has 3 aromatic heterocycles. The smallest absolute Gasteiger partial charge is 0.327 e. The molecule has 0 aliphatic heterocycles. The summed E-state index contributed by atoms with van der Waals surface area (Å²) in [6.45, 7) is 7.14. The maximum Gasteiger partial charge on any atom is 0.327 e. The van der Waals surface area contributed by atoms with Crippen LogP contribution in [0.1, 0.15) is 54.6 Å². The highest BCUT2D eigenvalue weighted by Crippen LogP contribution is 2.29. The van der Waals surface area contributed by atoms with Crippen LogP contribution < -0.4 is 5.56 Å². The van der Waals surface area contributed by atoms with E-state index >= 15 is 0 Å². The number of aryl methyl sites for hydroxylation is 1. The van der Waals surface area contributed by atoms with Gasteiger partial charge in [-0.2, -0.15) is 0 Å². The van der Waals surface area contributed by atoms with Crippen molar-refractivity contribution in [2.24, 2.45) is 0 Å². The first-order valence-corrected chi connectivity index (χ1v) is 12.7. The van der Waals surface area contributed by atoms with Gasteiger partial charge in [0.2, 0.25) is 0 Å². The topological polar surface area (TPSA) is 106 Å². The number of hydrogen-bond acceptors (Lipinski definition) is 8. The predicted molar refractivity (Wildman–Crippen MR) is 135 cm³/mol. The Balaban J connectivity index is 1.71. The lowest BCUT2D eigenvalue weighted by molar-refractivity contribution is -0.144. The van der Waals surface area contributed by atoms with Crippen molar-refractivity contribution >= 4 is 28.2 Å². The number of carbonyl (C=O) groups excluding carboxylic acids is 1. The van der Waals surface area contributed by atoms with Gasteiger partial charge >= 0.3 is 5.97 Å². The number of carbonyl (C=O) groups is 1. The second-order valence-electron chi connectivity index (χ2n) is 8.50. The van der Waals surface area contributed by atoms with E-state index in [2.05, 4.69) is 38.4 Å². The van der Waals surface area contributed by atoms with Crippen molar-refractivity contribution in [1.82, 2.24) is 30.1 Å². The minimum absolute atomic E-state index is 0.0564. The monoisotopic (exact) mass is 494 g/mol. The fraction of sp³-hybridized carbons (Fsp3) is 0.400. The van der Waals surface area contributed by atoms with Gasteiger partial charge in [-0.05, 0) is 65.2 Å². The maximum atomic E-state index is 13.0. The first-order chi connectivity index (χ1) is 17.0. The fourth-order valence-electron chi connectivity index (χ4n) is 4.22. The Morgan fingerprint density at radius 1 is 1.23 bits per heavy atom.